The monoisotopic (exact) mass is 355 g/mol. The number of halogens is 2. The highest BCUT2D eigenvalue weighted by atomic mass is 79.9. The van der Waals surface area contributed by atoms with Crippen LogP contribution >= 0.6 is 15.9 Å². The number of nitrogens with zero attached hydrogens (tertiary/aromatic N) is 2. The molecule has 0 bridgehead atoms. The number of esters is 1. The molecule has 1 aromatic heterocycles. The summed E-state index contributed by atoms with van der Waals surface area (Å²) in [6.45, 7) is 4.56. The number of carbonyl (C=O) groups is 1. The number of rotatable bonds is 4. The van der Waals surface area contributed by atoms with E-state index in [0.29, 0.717) is 6.54 Å². The fraction of sp³-hybridized carbons (Fsp3) is 0.286. The lowest BCUT2D eigenvalue weighted by molar-refractivity contribution is 0.0461. The molecule has 5 nitrogen and oxygen atoms in total. The summed E-state index contributed by atoms with van der Waals surface area (Å²) >= 11 is 3.43. The Bertz CT molecular complexity index is 685. The van der Waals surface area contributed by atoms with Crippen LogP contribution in [0.2, 0.25) is 0 Å². The molecular weight excluding hydrogens is 341 g/mol. The fourth-order valence-corrected chi connectivity index (χ4v) is 2.29. The van der Waals surface area contributed by atoms with Gasteiger partial charge in [0, 0.05) is 6.54 Å². The molecule has 0 aliphatic carbocycles. The first-order valence-electron chi connectivity index (χ1n) is 6.38. The fourth-order valence-electron chi connectivity index (χ4n) is 1.89. The van der Waals surface area contributed by atoms with E-state index in [1.165, 1.54) is 12.1 Å². The van der Waals surface area contributed by atoms with Crippen molar-refractivity contribution in [2.75, 3.05) is 5.73 Å². The van der Waals surface area contributed by atoms with Crippen LogP contribution in [-0.2, 0) is 17.9 Å². The molecule has 0 saturated carbocycles. The van der Waals surface area contributed by atoms with Crippen molar-refractivity contribution in [3.05, 3.63) is 45.4 Å². The lowest BCUT2D eigenvalue weighted by atomic mass is 10.2. The molecule has 0 aliphatic heterocycles. The van der Waals surface area contributed by atoms with Gasteiger partial charge in [-0.3, -0.25) is 4.68 Å². The molecule has 0 fully saturated rings. The summed E-state index contributed by atoms with van der Waals surface area (Å²) in [5.74, 6) is -1.12. The lowest BCUT2D eigenvalue weighted by Gasteiger charge is -2.08. The number of aromatic nitrogens is 2. The van der Waals surface area contributed by atoms with Gasteiger partial charge in [0.25, 0.3) is 0 Å². The molecule has 112 valence electrons. The van der Waals surface area contributed by atoms with Gasteiger partial charge in [-0.05, 0) is 48.0 Å². The number of nitrogen functional groups attached to an aromatic ring is 1. The first-order valence-corrected chi connectivity index (χ1v) is 7.17. The van der Waals surface area contributed by atoms with Gasteiger partial charge in [-0.15, -0.1) is 0 Å². The number of nitrogens with two attached hydrogens (primary N) is 1. The van der Waals surface area contributed by atoms with Crippen molar-refractivity contribution in [3.63, 3.8) is 0 Å². The number of hydrogen-bond donors (Lipinski definition) is 1. The third-order valence-electron chi connectivity index (χ3n) is 3.02. The van der Waals surface area contributed by atoms with Crippen LogP contribution in [0.3, 0.4) is 0 Å². The summed E-state index contributed by atoms with van der Waals surface area (Å²) in [6.07, 6.45) is 0. The Hall–Kier alpha value is -1.89. The van der Waals surface area contributed by atoms with Crippen molar-refractivity contribution in [3.8, 4) is 0 Å². The van der Waals surface area contributed by atoms with Gasteiger partial charge in [-0.2, -0.15) is 5.10 Å². The van der Waals surface area contributed by atoms with E-state index in [0.717, 1.165) is 21.9 Å². The molecule has 0 atom stereocenters. The van der Waals surface area contributed by atoms with Crippen LogP contribution in [0.4, 0.5) is 10.1 Å². The molecule has 2 aromatic rings. The predicted molar refractivity (Wildman–Crippen MR) is 80.3 cm³/mol. The van der Waals surface area contributed by atoms with Gasteiger partial charge in [0.15, 0.2) is 0 Å². The molecule has 2 N–H and O–H groups in total. The number of aryl methyl sites for hydroxylation is 2. The van der Waals surface area contributed by atoms with Crippen molar-refractivity contribution < 1.29 is 13.9 Å². The number of anilines is 1. The maximum absolute atomic E-state index is 13.1. The molecule has 21 heavy (non-hydrogen) atoms. The van der Waals surface area contributed by atoms with Crippen LogP contribution in [0.25, 0.3) is 0 Å². The van der Waals surface area contributed by atoms with Gasteiger partial charge >= 0.3 is 5.97 Å². The second-order valence-electron chi connectivity index (χ2n) is 4.47. The van der Waals surface area contributed by atoms with E-state index < -0.39 is 11.8 Å². The number of carbonyl (C=O) groups excluding carboxylic acids is 1. The minimum atomic E-state index is -0.561. The standard InChI is InChI=1S/C14H15BrFN3O2/c1-3-19-12(13(15)8(2)18-19)7-21-14(20)9-4-5-10(16)11(17)6-9/h4-6H,3,7,17H2,1-2H3. The van der Waals surface area contributed by atoms with E-state index in [4.69, 9.17) is 10.5 Å². The van der Waals surface area contributed by atoms with Gasteiger partial charge in [-0.1, -0.05) is 0 Å². The maximum Gasteiger partial charge on any atom is 0.338 e. The van der Waals surface area contributed by atoms with Crippen molar-refractivity contribution in [1.82, 2.24) is 9.78 Å². The molecule has 7 heteroatoms. The predicted octanol–water partition coefficient (Wildman–Crippen LogP) is 3.05. The largest absolute Gasteiger partial charge is 0.456 e. The summed E-state index contributed by atoms with van der Waals surface area (Å²) in [4.78, 5) is 12.0. The van der Waals surface area contributed by atoms with Crippen LogP contribution in [0.5, 0.6) is 0 Å². The van der Waals surface area contributed by atoms with Crippen LogP contribution in [0, 0.1) is 12.7 Å². The van der Waals surface area contributed by atoms with Gasteiger partial charge < -0.3 is 10.5 Å². The minimum Gasteiger partial charge on any atom is -0.456 e. The molecule has 0 amide bonds. The molecule has 0 saturated heterocycles. The zero-order valence-corrected chi connectivity index (χ0v) is 13.3. The van der Waals surface area contributed by atoms with Gasteiger partial charge in [0.1, 0.15) is 12.4 Å². The topological polar surface area (TPSA) is 70.1 Å². The Balaban J connectivity index is 2.12. The Morgan fingerprint density at radius 1 is 1.52 bits per heavy atom. The number of ether oxygens (including phenoxy) is 1. The van der Waals surface area contributed by atoms with E-state index >= 15 is 0 Å². The van der Waals surface area contributed by atoms with Crippen molar-refractivity contribution in [2.45, 2.75) is 27.0 Å². The Labute approximate surface area is 130 Å². The molecule has 2 rings (SSSR count). The Morgan fingerprint density at radius 2 is 2.24 bits per heavy atom. The number of benzene rings is 1. The maximum atomic E-state index is 13.1. The van der Waals surface area contributed by atoms with Gasteiger partial charge in [0.2, 0.25) is 0 Å². The minimum absolute atomic E-state index is 0.0748. The van der Waals surface area contributed by atoms with Crippen molar-refractivity contribution in [2.24, 2.45) is 0 Å². The Morgan fingerprint density at radius 3 is 2.86 bits per heavy atom. The van der Waals surface area contributed by atoms with E-state index in [9.17, 15) is 9.18 Å². The third kappa shape index (κ3) is 3.24. The zero-order chi connectivity index (χ0) is 15.6. The molecule has 0 radical (unpaired) electrons. The molecule has 0 aliphatic rings. The number of hydrogen-bond acceptors (Lipinski definition) is 4. The van der Waals surface area contributed by atoms with E-state index in [-0.39, 0.29) is 17.9 Å². The molecule has 1 aromatic carbocycles. The molecule has 1 heterocycles. The van der Waals surface area contributed by atoms with Crippen molar-refractivity contribution >= 4 is 27.6 Å². The van der Waals surface area contributed by atoms with Crippen LogP contribution in [-0.4, -0.2) is 15.7 Å². The average molecular weight is 356 g/mol. The first-order chi connectivity index (χ1) is 9.93. The Kier molecular flexibility index (Phi) is 4.62. The second-order valence-corrected chi connectivity index (χ2v) is 5.27. The summed E-state index contributed by atoms with van der Waals surface area (Å²) in [7, 11) is 0. The van der Waals surface area contributed by atoms with Crippen LogP contribution < -0.4 is 5.73 Å². The summed E-state index contributed by atoms with van der Waals surface area (Å²) in [5, 5.41) is 4.31. The zero-order valence-electron chi connectivity index (χ0n) is 11.7. The SMILES string of the molecule is CCn1nc(C)c(Br)c1COC(=O)c1ccc(F)c(N)c1. The normalized spacial score (nSPS) is 10.7. The summed E-state index contributed by atoms with van der Waals surface area (Å²) < 4.78 is 20.9. The van der Waals surface area contributed by atoms with Crippen LogP contribution in [0.15, 0.2) is 22.7 Å². The third-order valence-corrected chi connectivity index (χ3v) is 4.06. The van der Waals surface area contributed by atoms with E-state index in [1.807, 2.05) is 13.8 Å². The van der Waals surface area contributed by atoms with Gasteiger partial charge in [0.05, 0.1) is 27.1 Å². The summed E-state index contributed by atoms with van der Waals surface area (Å²) in [6, 6.07) is 3.74. The molecule has 0 spiro atoms. The van der Waals surface area contributed by atoms with E-state index in [1.54, 1.807) is 4.68 Å². The average Bonchev–Trinajstić information content (AvgIpc) is 2.74. The first kappa shape index (κ1) is 15.5. The second kappa shape index (κ2) is 6.26. The highest BCUT2D eigenvalue weighted by Crippen LogP contribution is 2.22. The van der Waals surface area contributed by atoms with Crippen molar-refractivity contribution in [1.29, 1.82) is 0 Å². The quantitative estimate of drug-likeness (QED) is 0.675. The molecule has 0 unspecified atom stereocenters. The lowest BCUT2D eigenvalue weighted by Crippen LogP contribution is -2.10. The summed E-state index contributed by atoms with van der Waals surface area (Å²) in [5.41, 5.74) is 7.17. The highest BCUT2D eigenvalue weighted by molar-refractivity contribution is 9.10. The van der Waals surface area contributed by atoms with E-state index in [2.05, 4.69) is 21.0 Å². The van der Waals surface area contributed by atoms with Gasteiger partial charge in [-0.25, -0.2) is 9.18 Å². The smallest absolute Gasteiger partial charge is 0.338 e. The molecular formula is C14H15BrFN3O2. The highest BCUT2D eigenvalue weighted by Gasteiger charge is 2.15. The van der Waals surface area contributed by atoms with Crippen LogP contribution in [0.1, 0.15) is 28.7 Å².